The van der Waals surface area contributed by atoms with Crippen molar-refractivity contribution in [3.63, 3.8) is 0 Å². The van der Waals surface area contributed by atoms with Crippen LogP contribution >= 0.6 is 27.3 Å². The monoisotopic (exact) mass is 336 g/mol. The number of halogens is 1. The summed E-state index contributed by atoms with van der Waals surface area (Å²) in [6.45, 7) is 1.97. The zero-order chi connectivity index (χ0) is 13.4. The van der Waals surface area contributed by atoms with E-state index in [0.717, 1.165) is 25.5 Å². The van der Waals surface area contributed by atoms with Gasteiger partial charge in [0.15, 0.2) is 0 Å². The second-order valence-electron chi connectivity index (χ2n) is 3.98. The Morgan fingerprint density at radius 3 is 2.84 bits per heavy atom. The van der Waals surface area contributed by atoms with E-state index in [-0.39, 0.29) is 0 Å². The van der Waals surface area contributed by atoms with E-state index in [1.165, 1.54) is 11.3 Å². The van der Waals surface area contributed by atoms with Crippen molar-refractivity contribution in [2.75, 3.05) is 5.73 Å². The Morgan fingerprint density at radius 2 is 2.16 bits per heavy atom. The normalized spacial score (nSPS) is 10.8. The third-order valence-corrected chi connectivity index (χ3v) is 4.01. The number of nitrogen functional groups attached to an aromatic ring is 1. The summed E-state index contributed by atoms with van der Waals surface area (Å²) in [5.74, 6) is 0.990. The maximum Gasteiger partial charge on any atom is 0.268 e. The lowest BCUT2D eigenvalue weighted by molar-refractivity contribution is 0.433. The van der Waals surface area contributed by atoms with Crippen molar-refractivity contribution in [2.24, 2.45) is 0 Å². The minimum Gasteiger partial charge on any atom is -0.391 e. The van der Waals surface area contributed by atoms with Gasteiger partial charge >= 0.3 is 0 Å². The Morgan fingerprint density at radius 1 is 1.32 bits per heavy atom. The molecule has 19 heavy (non-hydrogen) atoms. The van der Waals surface area contributed by atoms with E-state index in [9.17, 15) is 0 Å². The second-order valence-corrected chi connectivity index (χ2v) is 5.98. The lowest BCUT2D eigenvalue weighted by Gasteiger charge is -1.93. The maximum atomic E-state index is 5.77. The average Bonchev–Trinajstić information content (AvgIpc) is 2.96. The Hall–Kier alpha value is -1.73. The Kier molecular flexibility index (Phi) is 3.08. The molecule has 0 fully saturated rings. The smallest absolute Gasteiger partial charge is 0.268 e. The van der Waals surface area contributed by atoms with Gasteiger partial charge in [0.2, 0.25) is 5.82 Å². The van der Waals surface area contributed by atoms with Crippen LogP contribution in [0.4, 0.5) is 5.00 Å². The van der Waals surface area contributed by atoms with Crippen LogP contribution in [0.1, 0.15) is 5.56 Å². The fraction of sp³-hybridized carbons (Fsp3) is 0.0833. The van der Waals surface area contributed by atoms with Crippen molar-refractivity contribution in [3.05, 3.63) is 34.6 Å². The van der Waals surface area contributed by atoms with Crippen LogP contribution in [0.5, 0.6) is 0 Å². The number of anilines is 1. The molecule has 96 valence electrons. The lowest BCUT2D eigenvalue weighted by Crippen LogP contribution is -1.83. The predicted octanol–water partition coefficient (Wildman–Crippen LogP) is 3.51. The van der Waals surface area contributed by atoms with Crippen LogP contribution in [0.25, 0.3) is 22.2 Å². The van der Waals surface area contributed by atoms with Crippen LogP contribution in [0.15, 0.2) is 33.5 Å². The number of pyridine rings is 1. The Labute approximate surface area is 121 Å². The van der Waals surface area contributed by atoms with E-state index in [0.29, 0.717) is 11.7 Å². The zero-order valence-electron chi connectivity index (χ0n) is 9.92. The van der Waals surface area contributed by atoms with Crippen LogP contribution in [0, 0.1) is 6.92 Å². The summed E-state index contributed by atoms with van der Waals surface area (Å²) in [5, 5.41) is 4.71. The highest BCUT2D eigenvalue weighted by molar-refractivity contribution is 9.10. The van der Waals surface area contributed by atoms with Gasteiger partial charge in [-0.15, -0.1) is 11.3 Å². The highest BCUT2D eigenvalue weighted by Crippen LogP contribution is 2.33. The molecule has 5 nitrogen and oxygen atoms in total. The molecule has 0 aliphatic carbocycles. The molecule has 0 bridgehead atoms. The van der Waals surface area contributed by atoms with Crippen molar-refractivity contribution in [2.45, 2.75) is 6.92 Å². The first-order valence-electron chi connectivity index (χ1n) is 5.44. The molecule has 3 aromatic heterocycles. The highest BCUT2D eigenvalue weighted by atomic mass is 79.9. The first-order chi connectivity index (χ1) is 9.13. The summed E-state index contributed by atoms with van der Waals surface area (Å²) < 4.78 is 6.16. The average molecular weight is 337 g/mol. The molecule has 0 atom stereocenters. The van der Waals surface area contributed by atoms with Gasteiger partial charge in [-0.1, -0.05) is 5.16 Å². The molecular weight excluding hydrogens is 328 g/mol. The Bertz CT molecular complexity index is 737. The van der Waals surface area contributed by atoms with E-state index < -0.39 is 0 Å². The second kappa shape index (κ2) is 4.75. The predicted molar refractivity (Wildman–Crippen MR) is 77.7 cm³/mol. The number of nitrogens with two attached hydrogens (primary N) is 1. The summed E-state index contributed by atoms with van der Waals surface area (Å²) in [4.78, 5) is 9.36. The summed E-state index contributed by atoms with van der Waals surface area (Å²) in [5.41, 5.74) is 7.60. The molecule has 0 saturated heterocycles. The molecule has 3 heterocycles. The lowest BCUT2D eigenvalue weighted by atomic mass is 10.2. The fourth-order valence-corrected chi connectivity index (χ4v) is 2.91. The molecule has 2 N–H and O–H groups in total. The van der Waals surface area contributed by atoms with Crippen molar-refractivity contribution in [1.29, 1.82) is 0 Å². The third-order valence-electron chi connectivity index (χ3n) is 2.52. The van der Waals surface area contributed by atoms with E-state index in [4.69, 9.17) is 10.3 Å². The molecule has 0 aromatic carbocycles. The van der Waals surface area contributed by atoms with Gasteiger partial charge in [0.25, 0.3) is 5.89 Å². The molecule has 0 unspecified atom stereocenters. The largest absolute Gasteiger partial charge is 0.391 e. The van der Waals surface area contributed by atoms with Crippen LogP contribution in [0.2, 0.25) is 0 Å². The van der Waals surface area contributed by atoms with Gasteiger partial charge < -0.3 is 10.3 Å². The third kappa shape index (κ3) is 2.39. The number of rotatable bonds is 2. The highest BCUT2D eigenvalue weighted by Gasteiger charge is 2.15. The number of aromatic nitrogens is 3. The van der Waals surface area contributed by atoms with Crippen molar-refractivity contribution in [3.8, 4) is 22.2 Å². The first-order valence-corrected chi connectivity index (χ1v) is 7.05. The molecule has 0 amide bonds. The van der Waals surface area contributed by atoms with E-state index >= 15 is 0 Å². The number of aryl methyl sites for hydroxylation is 1. The standard InChI is InChI=1S/C12H9BrN4OS/c1-6-2-9(14)19-10(6)12-16-11(17-18-12)7-3-8(13)5-15-4-7/h2-5H,14H2,1H3. The number of thiophene rings is 1. The van der Waals surface area contributed by atoms with Gasteiger partial charge in [-0.2, -0.15) is 4.98 Å². The maximum absolute atomic E-state index is 5.77. The minimum atomic E-state index is 0.481. The van der Waals surface area contributed by atoms with Gasteiger partial charge in [0.1, 0.15) is 0 Å². The van der Waals surface area contributed by atoms with Gasteiger partial charge in [-0.05, 0) is 40.5 Å². The zero-order valence-corrected chi connectivity index (χ0v) is 12.3. The van der Waals surface area contributed by atoms with Crippen molar-refractivity contribution in [1.82, 2.24) is 15.1 Å². The van der Waals surface area contributed by atoms with Gasteiger partial charge in [-0.25, -0.2) is 0 Å². The molecule has 7 heteroatoms. The molecule has 0 spiro atoms. The Balaban J connectivity index is 2.02. The topological polar surface area (TPSA) is 77.8 Å². The number of hydrogen-bond acceptors (Lipinski definition) is 6. The number of nitrogens with zero attached hydrogens (tertiary/aromatic N) is 3. The number of hydrogen-bond donors (Lipinski definition) is 1. The molecule has 3 rings (SSSR count). The van der Waals surface area contributed by atoms with Gasteiger partial charge in [0.05, 0.1) is 9.88 Å². The minimum absolute atomic E-state index is 0.481. The van der Waals surface area contributed by atoms with E-state index in [2.05, 4.69) is 31.1 Å². The van der Waals surface area contributed by atoms with Crippen molar-refractivity contribution < 1.29 is 4.52 Å². The summed E-state index contributed by atoms with van der Waals surface area (Å²) >= 11 is 4.80. The first kappa shape index (κ1) is 12.3. The van der Waals surface area contributed by atoms with Crippen LogP contribution < -0.4 is 5.73 Å². The molecule has 0 radical (unpaired) electrons. The molecule has 0 aliphatic rings. The van der Waals surface area contributed by atoms with Crippen LogP contribution in [-0.4, -0.2) is 15.1 Å². The van der Waals surface area contributed by atoms with Gasteiger partial charge in [-0.3, -0.25) is 4.98 Å². The molecular formula is C12H9BrN4OS. The van der Waals surface area contributed by atoms with Crippen LogP contribution in [0.3, 0.4) is 0 Å². The van der Waals surface area contributed by atoms with E-state index in [1.54, 1.807) is 12.4 Å². The van der Waals surface area contributed by atoms with Gasteiger partial charge in [0, 0.05) is 22.4 Å². The summed E-state index contributed by atoms with van der Waals surface area (Å²) in [6, 6.07) is 3.78. The molecule has 3 aromatic rings. The fourth-order valence-electron chi connectivity index (χ4n) is 1.69. The van der Waals surface area contributed by atoms with Crippen LogP contribution in [-0.2, 0) is 0 Å². The summed E-state index contributed by atoms with van der Waals surface area (Å²) in [7, 11) is 0. The SMILES string of the molecule is Cc1cc(N)sc1-c1nc(-c2cncc(Br)c2)no1. The van der Waals surface area contributed by atoms with E-state index in [1.807, 2.05) is 19.1 Å². The summed E-state index contributed by atoms with van der Waals surface area (Å²) in [6.07, 6.45) is 3.39. The molecule has 0 aliphatic heterocycles. The van der Waals surface area contributed by atoms with Crippen molar-refractivity contribution >= 4 is 32.3 Å². The quantitative estimate of drug-likeness (QED) is 0.774. The molecule has 0 saturated carbocycles.